The average Bonchev–Trinajstić information content (AvgIpc) is 3.03. The first kappa shape index (κ1) is 24.0. The minimum atomic E-state index is -1.25. The summed E-state index contributed by atoms with van der Waals surface area (Å²) in [6, 6.07) is -0.920. The van der Waals surface area contributed by atoms with Crippen LogP contribution < -0.4 is 0 Å². The number of likely N-dealkylation sites (tertiary alicyclic amines) is 1. The summed E-state index contributed by atoms with van der Waals surface area (Å²) in [5.74, 6) is -2.13. The molecule has 0 radical (unpaired) electrons. The monoisotopic (exact) mass is 459 g/mol. The average molecular weight is 460 g/mol. The van der Waals surface area contributed by atoms with Crippen LogP contribution in [0.3, 0.4) is 0 Å². The van der Waals surface area contributed by atoms with Gasteiger partial charge in [-0.3, -0.25) is 14.4 Å². The summed E-state index contributed by atoms with van der Waals surface area (Å²) in [4.78, 5) is 46.8. The molecular formula is C25H37N3O5. The molecule has 0 aromatic carbocycles. The second kappa shape index (κ2) is 8.24. The molecule has 4 aliphatic rings. The minimum Gasteiger partial charge on any atom is -0.395 e. The van der Waals surface area contributed by atoms with Gasteiger partial charge >= 0.3 is 0 Å². The Morgan fingerprint density at radius 2 is 1.70 bits per heavy atom. The lowest BCUT2D eigenvalue weighted by Gasteiger charge is -2.41. The van der Waals surface area contributed by atoms with Crippen molar-refractivity contribution in [2.45, 2.75) is 70.2 Å². The van der Waals surface area contributed by atoms with Gasteiger partial charge in [-0.15, -0.1) is 0 Å². The first-order valence-corrected chi connectivity index (χ1v) is 12.1. The fourth-order valence-corrected chi connectivity index (χ4v) is 6.23. The van der Waals surface area contributed by atoms with E-state index < -0.39 is 34.6 Å². The van der Waals surface area contributed by atoms with Gasteiger partial charge in [0.25, 0.3) is 0 Å². The third-order valence-electron chi connectivity index (χ3n) is 7.67. The molecule has 0 bridgehead atoms. The van der Waals surface area contributed by atoms with Crippen molar-refractivity contribution in [3.8, 4) is 0 Å². The van der Waals surface area contributed by atoms with Crippen molar-refractivity contribution in [2.75, 3.05) is 32.8 Å². The summed E-state index contributed by atoms with van der Waals surface area (Å²) >= 11 is 0. The summed E-state index contributed by atoms with van der Waals surface area (Å²) in [7, 11) is 0. The summed E-state index contributed by atoms with van der Waals surface area (Å²) < 4.78 is 6.84. The van der Waals surface area contributed by atoms with Crippen LogP contribution in [0.4, 0.5) is 0 Å². The molecule has 8 heteroatoms. The van der Waals surface area contributed by atoms with Gasteiger partial charge in [0.1, 0.15) is 11.6 Å². The molecule has 4 rings (SSSR count). The van der Waals surface area contributed by atoms with Gasteiger partial charge in [-0.1, -0.05) is 38.2 Å². The largest absolute Gasteiger partial charge is 0.395 e. The van der Waals surface area contributed by atoms with Gasteiger partial charge in [0.05, 0.1) is 24.0 Å². The Balaban J connectivity index is 1.90. The van der Waals surface area contributed by atoms with E-state index in [0.29, 0.717) is 26.1 Å². The number of aliphatic hydroxyl groups is 1. The van der Waals surface area contributed by atoms with Crippen LogP contribution in [0.2, 0.25) is 0 Å². The third kappa shape index (κ3) is 3.36. The number of carbonyl (C=O) groups excluding carboxylic acids is 3. The normalized spacial score (nSPS) is 36.1. The highest BCUT2D eigenvalue weighted by Crippen LogP contribution is 2.58. The van der Waals surface area contributed by atoms with Crippen LogP contribution in [0, 0.1) is 11.8 Å². The van der Waals surface area contributed by atoms with Gasteiger partial charge in [-0.25, -0.2) is 0 Å². The molecule has 0 aliphatic carbocycles. The second-order valence-electron chi connectivity index (χ2n) is 10.6. The number of fused-ring (bicyclic) bond motifs is 2. The Morgan fingerprint density at radius 3 is 2.30 bits per heavy atom. The molecule has 1 spiro atoms. The zero-order chi connectivity index (χ0) is 24.2. The molecule has 0 aromatic heterocycles. The highest BCUT2D eigenvalue weighted by Gasteiger charge is 2.75. The van der Waals surface area contributed by atoms with Gasteiger partial charge in [-0.2, -0.15) is 0 Å². The van der Waals surface area contributed by atoms with E-state index in [-0.39, 0.29) is 30.9 Å². The summed E-state index contributed by atoms with van der Waals surface area (Å²) in [6.07, 6.45) is 9.00. The van der Waals surface area contributed by atoms with Gasteiger partial charge in [0, 0.05) is 31.7 Å². The number of hydrogen-bond donors (Lipinski definition) is 1. The molecule has 182 valence electrons. The van der Waals surface area contributed by atoms with Gasteiger partial charge in [0.15, 0.2) is 0 Å². The smallest absolute Gasteiger partial charge is 0.249 e. The van der Waals surface area contributed by atoms with Crippen molar-refractivity contribution in [2.24, 2.45) is 11.8 Å². The Morgan fingerprint density at radius 1 is 1.00 bits per heavy atom. The Kier molecular flexibility index (Phi) is 5.98. The van der Waals surface area contributed by atoms with Gasteiger partial charge in [0.2, 0.25) is 17.7 Å². The number of ether oxygens (including phenoxy) is 1. The number of nitrogens with zero attached hydrogens (tertiary/aromatic N) is 3. The number of β-amino-alcohol motifs (C(OH)–C–C–N with tert-alkyl or cyclic N) is 1. The first-order chi connectivity index (χ1) is 15.6. The Bertz CT molecular complexity index is 893. The van der Waals surface area contributed by atoms with Crippen LogP contribution >= 0.6 is 0 Å². The number of rotatable bonds is 5. The van der Waals surface area contributed by atoms with E-state index in [0.717, 1.165) is 6.42 Å². The molecule has 3 amide bonds. The fourth-order valence-electron chi connectivity index (χ4n) is 6.23. The number of hydrogen-bond acceptors (Lipinski definition) is 5. The summed E-state index contributed by atoms with van der Waals surface area (Å²) in [5.41, 5.74) is -2.66. The van der Waals surface area contributed by atoms with Crippen molar-refractivity contribution in [1.29, 1.82) is 0 Å². The van der Waals surface area contributed by atoms with Crippen LogP contribution in [-0.2, 0) is 19.1 Å². The van der Waals surface area contributed by atoms with Gasteiger partial charge in [-0.05, 0) is 33.6 Å². The number of amides is 3. The quantitative estimate of drug-likeness (QED) is 0.627. The standard InChI is InChI=1S/C25H37N3O5/c1-6-12-26-13-8-10-24(7-2)17(20(26)30)18-21(31)27(15-16-29)19-22(32)28(23(3,4)5)14-9-11-25(18,19)33-24/h8-11,17-19,29H,6-7,12-16H2,1-5H3/t17-,18-,19?,24+,25-/m0/s1. The third-order valence-corrected chi connectivity index (χ3v) is 7.67. The van der Waals surface area contributed by atoms with E-state index in [2.05, 4.69) is 0 Å². The maximum atomic E-state index is 14.0. The molecule has 4 heterocycles. The Labute approximate surface area is 196 Å². The van der Waals surface area contributed by atoms with Crippen LogP contribution in [0.25, 0.3) is 0 Å². The van der Waals surface area contributed by atoms with Crippen molar-refractivity contribution in [3.05, 3.63) is 24.3 Å². The molecule has 1 unspecified atom stereocenters. The van der Waals surface area contributed by atoms with Crippen LogP contribution in [0.15, 0.2) is 24.3 Å². The zero-order valence-electron chi connectivity index (χ0n) is 20.4. The minimum absolute atomic E-state index is 0.0250. The second-order valence-corrected chi connectivity index (χ2v) is 10.6. The lowest BCUT2D eigenvalue weighted by atomic mass is 9.73. The van der Waals surface area contributed by atoms with Crippen molar-refractivity contribution < 1.29 is 24.2 Å². The van der Waals surface area contributed by atoms with Crippen molar-refractivity contribution in [3.63, 3.8) is 0 Å². The first-order valence-electron chi connectivity index (χ1n) is 12.1. The molecule has 8 nitrogen and oxygen atoms in total. The van der Waals surface area contributed by atoms with Crippen molar-refractivity contribution >= 4 is 17.7 Å². The van der Waals surface area contributed by atoms with Crippen LogP contribution in [-0.4, -0.2) is 93.1 Å². The molecule has 4 aliphatic heterocycles. The molecular weight excluding hydrogens is 422 g/mol. The predicted molar refractivity (Wildman–Crippen MR) is 123 cm³/mol. The number of aliphatic hydroxyl groups excluding tert-OH is 1. The molecule has 2 saturated heterocycles. The van der Waals surface area contributed by atoms with E-state index in [4.69, 9.17) is 4.74 Å². The van der Waals surface area contributed by atoms with Gasteiger partial charge < -0.3 is 24.5 Å². The van der Waals surface area contributed by atoms with Crippen LogP contribution in [0.5, 0.6) is 0 Å². The lowest BCUT2D eigenvalue weighted by Crippen LogP contribution is -2.59. The molecule has 0 aromatic rings. The van der Waals surface area contributed by atoms with E-state index in [9.17, 15) is 19.5 Å². The Hall–Kier alpha value is -2.19. The molecule has 33 heavy (non-hydrogen) atoms. The zero-order valence-corrected chi connectivity index (χ0v) is 20.4. The maximum Gasteiger partial charge on any atom is 0.249 e. The van der Waals surface area contributed by atoms with Crippen molar-refractivity contribution in [1.82, 2.24) is 14.7 Å². The molecule has 0 saturated carbocycles. The van der Waals surface area contributed by atoms with E-state index in [1.807, 2.05) is 58.9 Å². The SMILES string of the molecule is CCCN1CC=C[C@@]2(CC)O[C@]34C=CCN(C(C)(C)C)C(=O)C3N(CCO)C(=O)[C@@H]4[C@H]2C1=O. The predicted octanol–water partition coefficient (Wildman–Crippen LogP) is 1.35. The summed E-state index contributed by atoms with van der Waals surface area (Å²) in [5, 5.41) is 9.75. The summed E-state index contributed by atoms with van der Waals surface area (Å²) in [6.45, 7) is 11.1. The van der Waals surface area contributed by atoms with E-state index >= 15 is 0 Å². The highest BCUT2D eigenvalue weighted by molar-refractivity contribution is 6.00. The van der Waals surface area contributed by atoms with E-state index in [1.165, 1.54) is 4.90 Å². The molecule has 1 N–H and O–H groups in total. The topological polar surface area (TPSA) is 90.4 Å². The molecule has 5 atom stereocenters. The lowest BCUT2D eigenvalue weighted by molar-refractivity contribution is -0.156. The maximum absolute atomic E-state index is 14.0. The van der Waals surface area contributed by atoms with E-state index in [1.54, 1.807) is 9.80 Å². The number of carbonyl (C=O) groups is 3. The fraction of sp³-hybridized carbons (Fsp3) is 0.720. The highest BCUT2D eigenvalue weighted by atomic mass is 16.5. The molecule has 2 fully saturated rings. The van der Waals surface area contributed by atoms with Crippen LogP contribution in [0.1, 0.15) is 47.5 Å².